The van der Waals surface area contributed by atoms with Crippen LogP contribution in [0.2, 0.25) is 0 Å². The molecule has 150 valence electrons. The van der Waals surface area contributed by atoms with Crippen molar-refractivity contribution < 1.29 is 14.0 Å². The molecule has 2 aromatic carbocycles. The summed E-state index contributed by atoms with van der Waals surface area (Å²) in [7, 11) is 0. The summed E-state index contributed by atoms with van der Waals surface area (Å²) in [4.78, 5) is 23.8. The minimum absolute atomic E-state index is 0.101. The quantitative estimate of drug-likeness (QED) is 0.731. The van der Waals surface area contributed by atoms with Crippen LogP contribution in [0, 0.1) is 11.7 Å². The molecule has 0 radical (unpaired) electrons. The molecular formula is C23H29FN2O2. The predicted molar refractivity (Wildman–Crippen MR) is 109 cm³/mol. The summed E-state index contributed by atoms with van der Waals surface area (Å²) in [6, 6.07) is 14.2. The number of carbonyl (C=O) groups is 2. The summed E-state index contributed by atoms with van der Waals surface area (Å²) < 4.78 is 13.0. The van der Waals surface area contributed by atoms with Crippen LogP contribution < -0.4 is 11.1 Å². The second-order valence-electron chi connectivity index (χ2n) is 8.18. The molecule has 0 aliphatic carbocycles. The molecule has 4 nitrogen and oxygen atoms in total. The SMILES string of the molecule is CC(C)(C)c1ccc(CCC(=O)NCC(Cc2ccc(F)cc2)C(N)=O)cc1. The molecule has 0 saturated carbocycles. The van der Waals surface area contributed by atoms with Gasteiger partial charge in [-0.3, -0.25) is 9.59 Å². The lowest BCUT2D eigenvalue weighted by Crippen LogP contribution is -2.37. The second-order valence-corrected chi connectivity index (χ2v) is 8.18. The molecule has 0 saturated heterocycles. The van der Waals surface area contributed by atoms with E-state index in [9.17, 15) is 14.0 Å². The topological polar surface area (TPSA) is 72.2 Å². The third kappa shape index (κ3) is 6.80. The average Bonchev–Trinajstić information content (AvgIpc) is 2.64. The van der Waals surface area contributed by atoms with Gasteiger partial charge in [0.05, 0.1) is 5.92 Å². The molecule has 5 heteroatoms. The van der Waals surface area contributed by atoms with Gasteiger partial charge in [-0.25, -0.2) is 4.39 Å². The molecule has 0 aliphatic rings. The maximum Gasteiger partial charge on any atom is 0.222 e. The standard InChI is InChI=1S/C23H29FN2O2/c1-23(2,3)19-9-4-16(5-10-19)8-13-21(27)26-15-18(22(25)28)14-17-6-11-20(24)12-7-17/h4-7,9-12,18H,8,13-15H2,1-3H3,(H2,25,28)(H,26,27). The van der Waals surface area contributed by atoms with Gasteiger partial charge in [0, 0.05) is 13.0 Å². The van der Waals surface area contributed by atoms with Crippen molar-refractivity contribution in [2.24, 2.45) is 11.7 Å². The Morgan fingerprint density at radius 1 is 1.00 bits per heavy atom. The van der Waals surface area contributed by atoms with Gasteiger partial charge < -0.3 is 11.1 Å². The number of hydrogen-bond donors (Lipinski definition) is 2. The highest BCUT2D eigenvalue weighted by Gasteiger charge is 2.17. The van der Waals surface area contributed by atoms with E-state index in [1.54, 1.807) is 12.1 Å². The van der Waals surface area contributed by atoms with Crippen molar-refractivity contribution in [1.82, 2.24) is 5.32 Å². The van der Waals surface area contributed by atoms with Crippen molar-refractivity contribution in [3.05, 3.63) is 71.0 Å². The van der Waals surface area contributed by atoms with Gasteiger partial charge in [0.1, 0.15) is 5.82 Å². The Morgan fingerprint density at radius 3 is 2.11 bits per heavy atom. The van der Waals surface area contributed by atoms with Crippen LogP contribution in [0.3, 0.4) is 0 Å². The molecule has 0 aliphatic heterocycles. The van der Waals surface area contributed by atoms with E-state index in [1.165, 1.54) is 17.7 Å². The van der Waals surface area contributed by atoms with Gasteiger partial charge in [-0.1, -0.05) is 57.2 Å². The highest BCUT2D eigenvalue weighted by atomic mass is 19.1. The molecule has 0 bridgehead atoms. The van der Waals surface area contributed by atoms with Crippen LogP contribution in [-0.2, 0) is 27.8 Å². The Balaban J connectivity index is 1.82. The molecule has 2 amide bonds. The second kappa shape index (κ2) is 9.49. The predicted octanol–water partition coefficient (Wildman–Crippen LogP) is 3.52. The number of benzene rings is 2. The fourth-order valence-electron chi connectivity index (χ4n) is 2.93. The lowest BCUT2D eigenvalue weighted by atomic mass is 9.86. The van der Waals surface area contributed by atoms with E-state index >= 15 is 0 Å². The van der Waals surface area contributed by atoms with Crippen molar-refractivity contribution in [1.29, 1.82) is 0 Å². The Kier molecular flexibility index (Phi) is 7.32. The van der Waals surface area contributed by atoms with E-state index < -0.39 is 11.8 Å². The number of hydrogen-bond acceptors (Lipinski definition) is 2. The minimum atomic E-state index is -0.527. The molecule has 0 spiro atoms. The van der Waals surface area contributed by atoms with E-state index in [4.69, 9.17) is 5.73 Å². The molecule has 0 aromatic heterocycles. The van der Waals surface area contributed by atoms with E-state index in [2.05, 4.69) is 50.4 Å². The van der Waals surface area contributed by atoms with Crippen LogP contribution in [0.5, 0.6) is 0 Å². The molecular weight excluding hydrogens is 355 g/mol. The zero-order valence-electron chi connectivity index (χ0n) is 16.8. The van der Waals surface area contributed by atoms with Gasteiger partial charge >= 0.3 is 0 Å². The number of aryl methyl sites for hydroxylation is 1. The zero-order chi connectivity index (χ0) is 20.7. The van der Waals surface area contributed by atoms with E-state index in [1.807, 2.05) is 0 Å². The summed E-state index contributed by atoms with van der Waals surface area (Å²) in [6.07, 6.45) is 1.34. The fraction of sp³-hybridized carbons (Fsp3) is 0.391. The number of nitrogens with one attached hydrogen (secondary N) is 1. The first kappa shape index (κ1) is 21.6. The summed E-state index contributed by atoms with van der Waals surface area (Å²) in [5, 5.41) is 2.79. The molecule has 2 rings (SSSR count). The lowest BCUT2D eigenvalue weighted by molar-refractivity contribution is -0.123. The van der Waals surface area contributed by atoms with Crippen molar-refractivity contribution in [3.63, 3.8) is 0 Å². The van der Waals surface area contributed by atoms with Gasteiger partial charge in [0.15, 0.2) is 0 Å². The third-order valence-corrected chi connectivity index (χ3v) is 4.80. The number of primary amides is 1. The van der Waals surface area contributed by atoms with Crippen LogP contribution in [0.4, 0.5) is 4.39 Å². The molecule has 3 N–H and O–H groups in total. The minimum Gasteiger partial charge on any atom is -0.369 e. The van der Waals surface area contributed by atoms with Crippen LogP contribution in [-0.4, -0.2) is 18.4 Å². The van der Waals surface area contributed by atoms with Crippen LogP contribution >= 0.6 is 0 Å². The number of amides is 2. The van der Waals surface area contributed by atoms with Gasteiger partial charge in [-0.2, -0.15) is 0 Å². The highest BCUT2D eigenvalue weighted by Crippen LogP contribution is 2.22. The fourth-order valence-corrected chi connectivity index (χ4v) is 2.93. The highest BCUT2D eigenvalue weighted by molar-refractivity contribution is 5.80. The first-order valence-corrected chi connectivity index (χ1v) is 9.55. The Hall–Kier alpha value is -2.69. The molecule has 0 fully saturated rings. The maximum atomic E-state index is 13.0. The Bertz CT molecular complexity index is 793. The molecule has 0 heterocycles. The van der Waals surface area contributed by atoms with Gasteiger partial charge in [-0.05, 0) is 47.1 Å². The summed E-state index contributed by atoms with van der Waals surface area (Å²) in [5.41, 5.74) is 8.71. The van der Waals surface area contributed by atoms with Gasteiger partial charge in [0.25, 0.3) is 0 Å². The number of carbonyl (C=O) groups excluding carboxylic acids is 2. The van der Waals surface area contributed by atoms with Gasteiger partial charge in [-0.15, -0.1) is 0 Å². The molecule has 28 heavy (non-hydrogen) atoms. The molecule has 1 unspecified atom stereocenters. The van der Waals surface area contributed by atoms with E-state index in [0.717, 1.165) is 11.1 Å². The van der Waals surface area contributed by atoms with E-state index in [-0.39, 0.29) is 23.7 Å². The third-order valence-electron chi connectivity index (χ3n) is 4.80. The van der Waals surface area contributed by atoms with Crippen molar-refractivity contribution in [2.45, 2.75) is 45.4 Å². The summed E-state index contributed by atoms with van der Waals surface area (Å²) in [5.74, 6) is -1.46. The monoisotopic (exact) mass is 384 g/mol. The summed E-state index contributed by atoms with van der Waals surface area (Å²) in [6.45, 7) is 6.66. The number of rotatable bonds is 8. The van der Waals surface area contributed by atoms with Crippen molar-refractivity contribution in [3.8, 4) is 0 Å². The zero-order valence-corrected chi connectivity index (χ0v) is 16.8. The smallest absolute Gasteiger partial charge is 0.222 e. The number of halogens is 1. The maximum absolute atomic E-state index is 13.0. The first-order chi connectivity index (χ1) is 13.1. The Labute approximate surface area is 166 Å². The summed E-state index contributed by atoms with van der Waals surface area (Å²) >= 11 is 0. The van der Waals surface area contributed by atoms with Crippen LogP contribution in [0.25, 0.3) is 0 Å². The first-order valence-electron chi connectivity index (χ1n) is 9.55. The largest absolute Gasteiger partial charge is 0.369 e. The molecule has 1 atom stereocenters. The van der Waals surface area contributed by atoms with Crippen molar-refractivity contribution >= 4 is 11.8 Å². The van der Waals surface area contributed by atoms with Crippen molar-refractivity contribution in [2.75, 3.05) is 6.54 Å². The lowest BCUT2D eigenvalue weighted by Gasteiger charge is -2.19. The Morgan fingerprint density at radius 2 is 1.57 bits per heavy atom. The van der Waals surface area contributed by atoms with E-state index in [0.29, 0.717) is 19.3 Å². The van der Waals surface area contributed by atoms with Gasteiger partial charge in [0.2, 0.25) is 11.8 Å². The molecule has 2 aromatic rings. The normalized spacial score (nSPS) is 12.4. The number of nitrogens with two attached hydrogens (primary N) is 1. The average molecular weight is 384 g/mol. The van der Waals surface area contributed by atoms with Crippen LogP contribution in [0.1, 0.15) is 43.9 Å². The van der Waals surface area contributed by atoms with Crippen LogP contribution in [0.15, 0.2) is 48.5 Å².